The molecular formula is C12H13Cl2N3. The fraction of sp³-hybridized carbons (Fsp3) is 0.333. The number of halogens is 2. The Morgan fingerprint density at radius 3 is 2.65 bits per heavy atom. The third-order valence-corrected chi connectivity index (χ3v) is 3.07. The van der Waals surface area contributed by atoms with Crippen molar-refractivity contribution in [1.82, 2.24) is 14.8 Å². The Labute approximate surface area is 110 Å². The van der Waals surface area contributed by atoms with E-state index in [1.807, 2.05) is 28.8 Å². The highest BCUT2D eigenvalue weighted by Gasteiger charge is 2.10. The highest BCUT2D eigenvalue weighted by atomic mass is 35.5. The van der Waals surface area contributed by atoms with Crippen LogP contribution in [0.15, 0.2) is 24.3 Å². The lowest BCUT2D eigenvalue weighted by atomic mass is 10.1. The lowest BCUT2D eigenvalue weighted by Gasteiger charge is -2.06. The zero-order valence-electron chi connectivity index (χ0n) is 9.53. The molecule has 0 aliphatic carbocycles. The summed E-state index contributed by atoms with van der Waals surface area (Å²) in [4.78, 5) is 0. The zero-order valence-corrected chi connectivity index (χ0v) is 11.0. The summed E-state index contributed by atoms with van der Waals surface area (Å²) < 4.78 is 2.04. The molecule has 0 aliphatic heterocycles. The van der Waals surface area contributed by atoms with E-state index in [-0.39, 0.29) is 0 Å². The molecule has 0 N–H and O–H groups in total. The second-order valence-electron chi connectivity index (χ2n) is 3.72. The maximum absolute atomic E-state index is 5.95. The van der Waals surface area contributed by atoms with Gasteiger partial charge in [-0.25, -0.2) is 0 Å². The fourth-order valence-corrected chi connectivity index (χ4v) is 2.21. The van der Waals surface area contributed by atoms with Crippen molar-refractivity contribution in [3.05, 3.63) is 46.5 Å². The zero-order chi connectivity index (χ0) is 12.3. The van der Waals surface area contributed by atoms with Gasteiger partial charge in [-0.15, -0.1) is 21.8 Å². The van der Waals surface area contributed by atoms with Crippen molar-refractivity contribution >= 4 is 23.2 Å². The minimum atomic E-state index is 0.385. The molecule has 1 aromatic carbocycles. The molecule has 17 heavy (non-hydrogen) atoms. The third-order valence-electron chi connectivity index (χ3n) is 2.59. The van der Waals surface area contributed by atoms with E-state index in [1.165, 1.54) is 0 Å². The van der Waals surface area contributed by atoms with E-state index in [0.717, 1.165) is 35.2 Å². The second kappa shape index (κ2) is 5.52. The summed E-state index contributed by atoms with van der Waals surface area (Å²) in [7, 11) is 0. The van der Waals surface area contributed by atoms with Gasteiger partial charge in [0, 0.05) is 18.0 Å². The van der Waals surface area contributed by atoms with Crippen molar-refractivity contribution in [3.8, 4) is 0 Å². The normalized spacial score (nSPS) is 10.8. The number of hydrogen-bond donors (Lipinski definition) is 0. The standard InChI is InChI=1S/C12H13Cl2N3/c1-2-17-11(15-16-12(17)8-13)7-9-4-3-5-10(14)6-9/h3-6H,2,7-8H2,1H3. The summed E-state index contributed by atoms with van der Waals surface area (Å²) in [5, 5.41) is 8.98. The van der Waals surface area contributed by atoms with Gasteiger partial charge in [-0.1, -0.05) is 23.7 Å². The molecule has 0 aliphatic rings. The molecule has 1 aromatic heterocycles. The van der Waals surface area contributed by atoms with Crippen LogP contribution >= 0.6 is 23.2 Å². The molecule has 0 atom stereocenters. The fourth-order valence-electron chi connectivity index (χ4n) is 1.80. The first kappa shape index (κ1) is 12.4. The minimum absolute atomic E-state index is 0.385. The van der Waals surface area contributed by atoms with Crippen LogP contribution in [-0.4, -0.2) is 14.8 Å². The molecule has 0 unspecified atom stereocenters. The van der Waals surface area contributed by atoms with Crippen LogP contribution < -0.4 is 0 Å². The van der Waals surface area contributed by atoms with Crippen LogP contribution in [-0.2, 0) is 18.8 Å². The Kier molecular flexibility index (Phi) is 4.02. The topological polar surface area (TPSA) is 30.7 Å². The van der Waals surface area contributed by atoms with E-state index >= 15 is 0 Å². The molecule has 2 rings (SSSR count). The van der Waals surface area contributed by atoms with Crippen molar-refractivity contribution in [2.75, 3.05) is 0 Å². The van der Waals surface area contributed by atoms with Crippen LogP contribution in [0.25, 0.3) is 0 Å². The molecule has 0 fully saturated rings. The number of rotatable bonds is 4. The average molecular weight is 270 g/mol. The van der Waals surface area contributed by atoms with Gasteiger partial charge in [0.2, 0.25) is 0 Å². The average Bonchev–Trinajstić information content (AvgIpc) is 2.71. The lowest BCUT2D eigenvalue weighted by molar-refractivity contribution is 0.687. The van der Waals surface area contributed by atoms with Gasteiger partial charge >= 0.3 is 0 Å². The number of alkyl halides is 1. The van der Waals surface area contributed by atoms with Crippen LogP contribution in [0, 0.1) is 0 Å². The maximum atomic E-state index is 5.95. The van der Waals surface area contributed by atoms with E-state index in [9.17, 15) is 0 Å². The smallest absolute Gasteiger partial charge is 0.147 e. The van der Waals surface area contributed by atoms with E-state index in [1.54, 1.807) is 0 Å². The second-order valence-corrected chi connectivity index (χ2v) is 4.42. The van der Waals surface area contributed by atoms with E-state index in [0.29, 0.717) is 5.88 Å². The van der Waals surface area contributed by atoms with E-state index < -0.39 is 0 Å². The molecule has 0 radical (unpaired) electrons. The summed E-state index contributed by atoms with van der Waals surface area (Å²) in [5.41, 5.74) is 1.13. The molecule has 0 saturated heterocycles. The van der Waals surface area contributed by atoms with Crippen LogP contribution in [0.4, 0.5) is 0 Å². The van der Waals surface area contributed by atoms with Gasteiger partial charge in [0.25, 0.3) is 0 Å². The first-order chi connectivity index (χ1) is 8.24. The lowest BCUT2D eigenvalue weighted by Crippen LogP contribution is -2.05. The molecule has 0 amide bonds. The van der Waals surface area contributed by atoms with Gasteiger partial charge in [-0.2, -0.15) is 0 Å². The number of aromatic nitrogens is 3. The van der Waals surface area contributed by atoms with Gasteiger partial charge < -0.3 is 4.57 Å². The molecular weight excluding hydrogens is 257 g/mol. The van der Waals surface area contributed by atoms with Crippen molar-refractivity contribution in [2.24, 2.45) is 0 Å². The van der Waals surface area contributed by atoms with Crippen LogP contribution in [0.5, 0.6) is 0 Å². The molecule has 5 heteroatoms. The molecule has 0 bridgehead atoms. The first-order valence-electron chi connectivity index (χ1n) is 5.46. The quantitative estimate of drug-likeness (QED) is 0.798. The largest absolute Gasteiger partial charge is 0.314 e. The molecule has 3 nitrogen and oxygen atoms in total. The predicted octanol–water partition coefficient (Wildman–Crippen LogP) is 3.28. The Balaban J connectivity index is 2.27. The maximum Gasteiger partial charge on any atom is 0.147 e. The number of benzene rings is 1. The first-order valence-corrected chi connectivity index (χ1v) is 6.37. The van der Waals surface area contributed by atoms with Gasteiger partial charge in [-0.3, -0.25) is 0 Å². The van der Waals surface area contributed by atoms with Gasteiger partial charge in [0.15, 0.2) is 0 Å². The number of hydrogen-bond acceptors (Lipinski definition) is 2. The molecule has 0 spiro atoms. The SMILES string of the molecule is CCn1c(CCl)nnc1Cc1cccc(Cl)c1. The Hall–Kier alpha value is -1.06. The van der Waals surface area contributed by atoms with Crippen molar-refractivity contribution < 1.29 is 0 Å². The Bertz CT molecular complexity index is 508. The monoisotopic (exact) mass is 269 g/mol. The summed E-state index contributed by atoms with van der Waals surface area (Å²) in [6.07, 6.45) is 0.721. The summed E-state index contributed by atoms with van der Waals surface area (Å²) in [5.74, 6) is 2.12. The van der Waals surface area contributed by atoms with Gasteiger partial charge in [-0.05, 0) is 24.6 Å². The predicted molar refractivity (Wildman–Crippen MR) is 69.5 cm³/mol. The molecule has 1 heterocycles. The Morgan fingerprint density at radius 2 is 2.00 bits per heavy atom. The molecule has 2 aromatic rings. The summed E-state index contributed by atoms with van der Waals surface area (Å²) in [6, 6.07) is 7.77. The van der Waals surface area contributed by atoms with Crippen LogP contribution in [0.3, 0.4) is 0 Å². The van der Waals surface area contributed by atoms with Crippen molar-refractivity contribution in [1.29, 1.82) is 0 Å². The van der Waals surface area contributed by atoms with E-state index in [2.05, 4.69) is 17.1 Å². The highest BCUT2D eigenvalue weighted by Crippen LogP contribution is 2.15. The minimum Gasteiger partial charge on any atom is -0.314 e. The molecule has 90 valence electrons. The van der Waals surface area contributed by atoms with Crippen molar-refractivity contribution in [2.45, 2.75) is 25.8 Å². The Morgan fingerprint density at radius 1 is 1.24 bits per heavy atom. The molecule has 0 saturated carbocycles. The third kappa shape index (κ3) is 2.79. The van der Waals surface area contributed by atoms with E-state index in [4.69, 9.17) is 23.2 Å². The van der Waals surface area contributed by atoms with Crippen molar-refractivity contribution in [3.63, 3.8) is 0 Å². The summed E-state index contributed by atoms with van der Waals surface area (Å²) in [6.45, 7) is 2.88. The summed E-state index contributed by atoms with van der Waals surface area (Å²) >= 11 is 11.8. The van der Waals surface area contributed by atoms with Gasteiger partial charge in [0.05, 0.1) is 5.88 Å². The van der Waals surface area contributed by atoms with Gasteiger partial charge in [0.1, 0.15) is 11.6 Å². The highest BCUT2D eigenvalue weighted by molar-refractivity contribution is 6.30. The van der Waals surface area contributed by atoms with Crippen LogP contribution in [0.1, 0.15) is 24.1 Å². The number of nitrogens with zero attached hydrogens (tertiary/aromatic N) is 3. The van der Waals surface area contributed by atoms with Crippen LogP contribution in [0.2, 0.25) is 5.02 Å².